The van der Waals surface area contributed by atoms with E-state index in [-0.39, 0.29) is 31.4 Å². The normalized spacial score (nSPS) is 32.1. The third-order valence-corrected chi connectivity index (χ3v) is 10.8. The van der Waals surface area contributed by atoms with Gasteiger partial charge < -0.3 is 29.7 Å². The largest absolute Gasteiger partial charge is 0.455 e. The van der Waals surface area contributed by atoms with Crippen LogP contribution in [0.15, 0.2) is 71.2 Å². The van der Waals surface area contributed by atoms with Gasteiger partial charge in [-0.2, -0.15) is 0 Å². The van der Waals surface area contributed by atoms with E-state index in [9.17, 15) is 19.5 Å². The lowest BCUT2D eigenvalue weighted by Crippen LogP contribution is -2.58. The van der Waals surface area contributed by atoms with Gasteiger partial charge in [0.15, 0.2) is 0 Å². The van der Waals surface area contributed by atoms with Gasteiger partial charge in [0.05, 0.1) is 24.6 Å². The maximum absolute atomic E-state index is 15.1. The summed E-state index contributed by atoms with van der Waals surface area (Å²) < 4.78 is 13.4. The molecule has 0 aliphatic carbocycles. The van der Waals surface area contributed by atoms with E-state index in [0.29, 0.717) is 28.6 Å². The molecule has 2 N–H and O–H groups in total. The number of aliphatic hydroxyl groups is 1. The fourth-order valence-corrected chi connectivity index (χ4v) is 8.43. The summed E-state index contributed by atoms with van der Waals surface area (Å²) in [4.78, 5) is 60.3. The lowest BCUT2D eigenvalue weighted by atomic mass is 9.74. The number of nitrogens with one attached hydrogen (secondary N) is 1. The second kappa shape index (κ2) is 13.6. The molecule has 2 aromatic rings. The Kier molecular flexibility index (Phi) is 9.66. The van der Waals surface area contributed by atoms with Gasteiger partial charge in [0.1, 0.15) is 29.8 Å². The topological polar surface area (TPSA) is 125 Å². The Balaban J connectivity index is 1.51. The van der Waals surface area contributed by atoms with E-state index in [2.05, 4.69) is 21.2 Å². The van der Waals surface area contributed by atoms with E-state index >= 15 is 4.79 Å². The zero-order valence-corrected chi connectivity index (χ0v) is 29.2. The van der Waals surface area contributed by atoms with E-state index in [4.69, 9.17) is 9.47 Å². The Morgan fingerprint density at radius 1 is 1.04 bits per heavy atom. The number of aryl methyl sites for hydroxylation is 2. The maximum Gasteiger partial charge on any atom is 0.313 e. The number of halogens is 1. The molecule has 4 heterocycles. The molecule has 4 aliphatic heterocycles. The van der Waals surface area contributed by atoms with Gasteiger partial charge in [-0.3, -0.25) is 19.2 Å². The molecule has 0 aromatic heterocycles. The monoisotopic (exact) mass is 719 g/mol. The standard InChI is InChI=1S/C37H42BrN3O7/c1-5-25(20-42)41-33-35(45)40(27-18-21(2)15-16-22(27)3)17-11-7-10-14-28(43)39-23(4)31(24-12-8-6-9-13-24)47-36(46)29-30(34(41)44)37(33)19-26(38)32(29)48-37/h6-9,11-13,15-16,18-19,23,25,29-33,42H,5,10,14,17,20H2,1-4H3,(H,39,43)/b11-7-/t23-,25+,29+,30-,31+,32+,33+,37-/m1/s1. The van der Waals surface area contributed by atoms with Crippen LogP contribution < -0.4 is 10.2 Å². The van der Waals surface area contributed by atoms with Gasteiger partial charge in [-0.1, -0.05) is 77.5 Å². The van der Waals surface area contributed by atoms with E-state index in [1.54, 1.807) is 17.9 Å². The van der Waals surface area contributed by atoms with Crippen molar-refractivity contribution in [2.75, 3.05) is 18.1 Å². The molecule has 6 rings (SSSR count). The number of carbonyl (C=O) groups excluding carboxylic acids is 4. The summed E-state index contributed by atoms with van der Waals surface area (Å²) in [7, 11) is 0. The quantitative estimate of drug-likeness (QED) is 0.346. The van der Waals surface area contributed by atoms with Crippen LogP contribution in [0.1, 0.15) is 55.9 Å². The van der Waals surface area contributed by atoms with Gasteiger partial charge in [0, 0.05) is 23.1 Å². The van der Waals surface area contributed by atoms with Gasteiger partial charge >= 0.3 is 5.97 Å². The number of allylic oxidation sites excluding steroid dienone is 1. The Morgan fingerprint density at radius 2 is 1.79 bits per heavy atom. The number of benzene rings is 2. The molecule has 10 nitrogen and oxygen atoms in total. The zero-order chi connectivity index (χ0) is 34.3. The number of ether oxygens (including phenoxy) is 2. The van der Waals surface area contributed by atoms with Crippen LogP contribution in [0, 0.1) is 25.7 Å². The number of likely N-dealkylation sites (tertiary alicyclic amines) is 1. The van der Waals surface area contributed by atoms with Crippen LogP contribution in [-0.2, 0) is 28.7 Å². The Hall–Kier alpha value is -3.80. The Labute approximate surface area is 289 Å². The van der Waals surface area contributed by atoms with Crippen LogP contribution in [0.3, 0.4) is 0 Å². The molecule has 0 radical (unpaired) electrons. The van der Waals surface area contributed by atoms with Crippen molar-refractivity contribution in [3.63, 3.8) is 0 Å². The first kappa shape index (κ1) is 34.1. The molecule has 0 saturated carbocycles. The first-order valence-corrected chi connectivity index (χ1v) is 17.4. The minimum absolute atomic E-state index is 0.173. The van der Waals surface area contributed by atoms with E-state index < -0.39 is 59.6 Å². The molecule has 0 unspecified atom stereocenters. The number of hydrogen-bond acceptors (Lipinski definition) is 7. The van der Waals surface area contributed by atoms with Gasteiger partial charge in [-0.15, -0.1) is 0 Å². The predicted octanol–water partition coefficient (Wildman–Crippen LogP) is 4.42. The van der Waals surface area contributed by atoms with Crippen LogP contribution in [0.25, 0.3) is 0 Å². The van der Waals surface area contributed by atoms with Crippen LogP contribution in [0.2, 0.25) is 0 Å². The highest BCUT2D eigenvalue weighted by Gasteiger charge is 2.75. The minimum Gasteiger partial charge on any atom is -0.455 e. The molecular weight excluding hydrogens is 678 g/mol. The summed E-state index contributed by atoms with van der Waals surface area (Å²) in [5, 5.41) is 13.5. The van der Waals surface area contributed by atoms with Gasteiger partial charge in [-0.25, -0.2) is 0 Å². The molecule has 8 atom stereocenters. The highest BCUT2D eigenvalue weighted by molar-refractivity contribution is 9.11. The van der Waals surface area contributed by atoms with E-state index in [0.717, 1.165) is 11.1 Å². The molecule has 2 fully saturated rings. The molecule has 2 aromatic carbocycles. The molecule has 5 bridgehead atoms. The van der Waals surface area contributed by atoms with Gasteiger partial charge in [-0.05, 0) is 62.4 Å². The number of carbonyl (C=O) groups is 4. The number of fused-ring (bicyclic) bond motifs is 2. The van der Waals surface area contributed by atoms with Crippen LogP contribution >= 0.6 is 15.9 Å². The van der Waals surface area contributed by atoms with E-state index in [1.165, 1.54) is 4.90 Å². The van der Waals surface area contributed by atoms with Crippen molar-refractivity contribution in [2.24, 2.45) is 11.8 Å². The SMILES string of the molecule is CC[C@@H](CO)N1C(=O)[C@H]2[C@@H]3C(=O)O[C@H](c4ccccc4)[C@@H](C)NC(=O)CC/C=C\CN(c4cc(C)ccc4C)C(=O)[C@H]1[C@@]21C=C(Br)[C@@H]3O1. The van der Waals surface area contributed by atoms with Crippen molar-refractivity contribution in [2.45, 2.75) is 82.9 Å². The van der Waals surface area contributed by atoms with Gasteiger partial charge in [0.25, 0.3) is 5.91 Å². The van der Waals surface area contributed by atoms with Crippen molar-refractivity contribution in [3.05, 3.63) is 87.9 Å². The molecule has 48 heavy (non-hydrogen) atoms. The molecular formula is C37H42BrN3O7. The maximum atomic E-state index is 15.1. The van der Waals surface area contributed by atoms with Crippen LogP contribution in [-0.4, -0.2) is 76.7 Å². The van der Waals surface area contributed by atoms with Crippen molar-refractivity contribution in [3.8, 4) is 0 Å². The fraction of sp³-hybridized carbons (Fsp3) is 0.459. The number of hydrogen-bond donors (Lipinski definition) is 2. The number of nitrogens with zero attached hydrogens (tertiary/aromatic N) is 2. The lowest BCUT2D eigenvalue weighted by Gasteiger charge is -2.38. The first-order chi connectivity index (χ1) is 23.0. The van der Waals surface area contributed by atoms with Crippen molar-refractivity contribution in [1.29, 1.82) is 0 Å². The van der Waals surface area contributed by atoms with E-state index in [1.807, 2.05) is 81.5 Å². The average molecular weight is 721 g/mol. The summed E-state index contributed by atoms with van der Waals surface area (Å²) in [6.45, 7) is 7.31. The van der Waals surface area contributed by atoms with Crippen molar-refractivity contribution in [1.82, 2.24) is 10.2 Å². The smallest absolute Gasteiger partial charge is 0.313 e. The number of cyclic esters (lactones) is 1. The highest BCUT2D eigenvalue weighted by atomic mass is 79.9. The third-order valence-electron chi connectivity index (χ3n) is 10.1. The number of aliphatic hydroxyl groups excluding tert-OH is 1. The highest BCUT2D eigenvalue weighted by Crippen LogP contribution is 2.59. The Bertz CT molecular complexity index is 1660. The summed E-state index contributed by atoms with van der Waals surface area (Å²) in [5.74, 6) is -3.85. The predicted molar refractivity (Wildman–Crippen MR) is 183 cm³/mol. The second-order valence-electron chi connectivity index (χ2n) is 13.2. The summed E-state index contributed by atoms with van der Waals surface area (Å²) in [6, 6.07) is 12.6. The molecule has 11 heteroatoms. The molecule has 2 saturated heterocycles. The third kappa shape index (κ3) is 5.79. The number of amides is 3. The summed E-state index contributed by atoms with van der Waals surface area (Å²) >= 11 is 3.61. The van der Waals surface area contributed by atoms with Crippen molar-refractivity contribution < 1.29 is 33.8 Å². The number of rotatable bonds is 5. The average Bonchev–Trinajstić information content (AvgIpc) is 3.66. The minimum atomic E-state index is -1.49. The molecule has 3 amide bonds. The summed E-state index contributed by atoms with van der Waals surface area (Å²) in [5.41, 5.74) is 1.70. The van der Waals surface area contributed by atoms with Gasteiger partial charge in [0.2, 0.25) is 11.8 Å². The second-order valence-corrected chi connectivity index (χ2v) is 14.1. The molecule has 254 valence electrons. The fourth-order valence-electron chi connectivity index (χ4n) is 7.70. The summed E-state index contributed by atoms with van der Waals surface area (Å²) in [6.07, 6.45) is 4.80. The zero-order valence-electron chi connectivity index (χ0n) is 27.6. The number of esters is 1. The number of anilines is 1. The van der Waals surface area contributed by atoms with Crippen LogP contribution in [0.4, 0.5) is 5.69 Å². The lowest BCUT2D eigenvalue weighted by molar-refractivity contribution is -0.161. The Morgan fingerprint density at radius 3 is 2.50 bits per heavy atom. The first-order valence-electron chi connectivity index (χ1n) is 16.6. The molecule has 1 spiro atoms. The van der Waals surface area contributed by atoms with Crippen molar-refractivity contribution >= 4 is 45.3 Å². The van der Waals surface area contributed by atoms with Crippen LogP contribution in [0.5, 0.6) is 0 Å². The molecule has 4 aliphatic rings.